The van der Waals surface area contributed by atoms with Gasteiger partial charge in [0.15, 0.2) is 0 Å². The van der Waals surface area contributed by atoms with Crippen LogP contribution in [0.4, 0.5) is 0 Å². The van der Waals surface area contributed by atoms with E-state index in [0.29, 0.717) is 0 Å². The summed E-state index contributed by atoms with van der Waals surface area (Å²) >= 11 is 0. The van der Waals surface area contributed by atoms with E-state index in [2.05, 4.69) is 4.57 Å². The van der Waals surface area contributed by atoms with Crippen molar-refractivity contribution in [3.63, 3.8) is 0 Å². The topological polar surface area (TPSA) is 31.2 Å². The van der Waals surface area contributed by atoms with E-state index in [1.165, 1.54) is 0 Å². The number of aromatic nitrogens is 1. The molecule has 1 aromatic heterocycles. The number of hydrogen-bond donors (Lipinski definition) is 0. The number of esters is 1. The first-order chi connectivity index (χ1) is 7.18. The van der Waals surface area contributed by atoms with Gasteiger partial charge in [-0.05, 0) is 38.8 Å². The predicted molar refractivity (Wildman–Crippen MR) is 57.6 cm³/mol. The Balaban J connectivity index is 2.15. The lowest BCUT2D eigenvalue weighted by atomic mass is 9.96. The number of carbonyl (C=O) groups is 1. The molecule has 0 amide bonds. The van der Waals surface area contributed by atoms with Gasteiger partial charge in [0, 0.05) is 18.4 Å². The zero-order chi connectivity index (χ0) is 10.8. The quantitative estimate of drug-likeness (QED) is 0.697. The molecule has 1 unspecified atom stereocenters. The van der Waals surface area contributed by atoms with Crippen LogP contribution in [-0.4, -0.2) is 16.6 Å². The molecule has 1 aliphatic heterocycles. The molecule has 0 radical (unpaired) electrons. The van der Waals surface area contributed by atoms with Crippen LogP contribution in [0.1, 0.15) is 38.3 Å². The van der Waals surface area contributed by atoms with Crippen LogP contribution in [0.2, 0.25) is 0 Å². The highest BCUT2D eigenvalue weighted by atomic mass is 16.5. The summed E-state index contributed by atoms with van der Waals surface area (Å²) in [5.74, 6) is -0.138. The molecular formula is C12H17NO2. The van der Waals surface area contributed by atoms with Crippen LogP contribution in [-0.2, 0) is 16.1 Å². The molecule has 0 bridgehead atoms. The second-order valence-corrected chi connectivity index (χ2v) is 4.31. The lowest BCUT2D eigenvalue weighted by Gasteiger charge is -2.24. The summed E-state index contributed by atoms with van der Waals surface area (Å²) in [5, 5.41) is 0. The molecule has 1 atom stereocenters. The second kappa shape index (κ2) is 4.09. The molecule has 2 heterocycles. The Labute approximate surface area is 90.0 Å². The molecule has 1 aromatic rings. The fraction of sp³-hybridized carbons (Fsp3) is 0.583. The molecule has 0 spiro atoms. The maximum atomic E-state index is 11.8. The first-order valence-corrected chi connectivity index (χ1v) is 5.54. The standard InChI is InChI=1S/C12H17NO2/c1-9(2)15-12(14)10-5-3-7-13-8-4-6-11(10)13/h4,6,8-10H,3,5,7H2,1-2H3. The van der Waals surface area contributed by atoms with Gasteiger partial charge in [0.2, 0.25) is 0 Å². The van der Waals surface area contributed by atoms with E-state index >= 15 is 0 Å². The lowest BCUT2D eigenvalue weighted by molar-refractivity contribution is -0.149. The smallest absolute Gasteiger partial charge is 0.315 e. The van der Waals surface area contributed by atoms with E-state index < -0.39 is 0 Å². The Morgan fingerprint density at radius 1 is 1.60 bits per heavy atom. The molecular weight excluding hydrogens is 190 g/mol. The van der Waals surface area contributed by atoms with Gasteiger partial charge >= 0.3 is 5.97 Å². The highest BCUT2D eigenvalue weighted by Crippen LogP contribution is 2.28. The fourth-order valence-electron chi connectivity index (χ4n) is 2.11. The minimum absolute atomic E-state index is 0.0251. The van der Waals surface area contributed by atoms with Gasteiger partial charge in [0.25, 0.3) is 0 Å². The summed E-state index contributed by atoms with van der Waals surface area (Å²) in [6, 6.07) is 4.02. The van der Waals surface area contributed by atoms with E-state index in [-0.39, 0.29) is 18.0 Å². The average molecular weight is 207 g/mol. The monoisotopic (exact) mass is 207 g/mol. The number of nitrogens with zero attached hydrogens (tertiary/aromatic N) is 1. The normalized spacial score (nSPS) is 20.1. The van der Waals surface area contributed by atoms with Crippen molar-refractivity contribution in [1.29, 1.82) is 0 Å². The summed E-state index contributed by atoms with van der Waals surface area (Å²) in [6.07, 6.45) is 3.97. The number of fused-ring (bicyclic) bond motifs is 1. The molecule has 82 valence electrons. The van der Waals surface area contributed by atoms with Gasteiger partial charge in [0.1, 0.15) is 0 Å². The van der Waals surface area contributed by atoms with E-state index in [1.807, 2.05) is 32.2 Å². The van der Waals surface area contributed by atoms with Gasteiger partial charge in [-0.1, -0.05) is 0 Å². The molecule has 0 aliphatic carbocycles. The van der Waals surface area contributed by atoms with Crippen LogP contribution in [0.25, 0.3) is 0 Å². The number of hydrogen-bond acceptors (Lipinski definition) is 2. The third-order valence-corrected chi connectivity index (χ3v) is 2.75. The Bertz CT molecular complexity index is 354. The Kier molecular flexibility index (Phi) is 2.80. The SMILES string of the molecule is CC(C)OC(=O)C1CCCn2cccc21. The van der Waals surface area contributed by atoms with Crippen molar-refractivity contribution in [1.82, 2.24) is 4.57 Å². The molecule has 0 fully saturated rings. The number of ether oxygens (including phenoxy) is 1. The zero-order valence-corrected chi connectivity index (χ0v) is 9.27. The van der Waals surface area contributed by atoms with Gasteiger partial charge < -0.3 is 9.30 Å². The molecule has 3 heteroatoms. The summed E-state index contributed by atoms with van der Waals surface area (Å²) in [5.41, 5.74) is 1.10. The first-order valence-electron chi connectivity index (χ1n) is 5.54. The molecule has 1 aliphatic rings. The minimum Gasteiger partial charge on any atom is -0.462 e. The van der Waals surface area contributed by atoms with E-state index in [0.717, 1.165) is 25.1 Å². The maximum Gasteiger partial charge on any atom is 0.315 e. The fourth-order valence-corrected chi connectivity index (χ4v) is 2.11. The molecule has 0 N–H and O–H groups in total. The third-order valence-electron chi connectivity index (χ3n) is 2.75. The van der Waals surface area contributed by atoms with Gasteiger partial charge in [-0.25, -0.2) is 0 Å². The Morgan fingerprint density at radius 3 is 3.13 bits per heavy atom. The molecule has 2 rings (SSSR count). The van der Waals surface area contributed by atoms with Crippen LogP contribution in [0.3, 0.4) is 0 Å². The van der Waals surface area contributed by atoms with Crippen molar-refractivity contribution in [3.05, 3.63) is 24.0 Å². The molecule has 15 heavy (non-hydrogen) atoms. The molecule has 0 saturated heterocycles. The van der Waals surface area contributed by atoms with Crippen molar-refractivity contribution in [3.8, 4) is 0 Å². The molecule has 0 saturated carbocycles. The van der Waals surface area contributed by atoms with Gasteiger partial charge in [-0.15, -0.1) is 0 Å². The van der Waals surface area contributed by atoms with E-state index in [4.69, 9.17) is 4.74 Å². The minimum atomic E-state index is -0.0790. The maximum absolute atomic E-state index is 11.8. The lowest BCUT2D eigenvalue weighted by Crippen LogP contribution is -2.25. The Morgan fingerprint density at radius 2 is 2.40 bits per heavy atom. The zero-order valence-electron chi connectivity index (χ0n) is 9.27. The van der Waals surface area contributed by atoms with Crippen LogP contribution < -0.4 is 0 Å². The largest absolute Gasteiger partial charge is 0.462 e. The highest BCUT2D eigenvalue weighted by Gasteiger charge is 2.28. The van der Waals surface area contributed by atoms with Crippen molar-refractivity contribution in [2.24, 2.45) is 0 Å². The summed E-state index contributed by atoms with van der Waals surface area (Å²) in [4.78, 5) is 11.8. The van der Waals surface area contributed by atoms with Gasteiger partial charge in [-0.3, -0.25) is 4.79 Å². The van der Waals surface area contributed by atoms with Crippen LogP contribution >= 0.6 is 0 Å². The van der Waals surface area contributed by atoms with E-state index in [9.17, 15) is 4.79 Å². The van der Waals surface area contributed by atoms with Crippen LogP contribution in [0, 0.1) is 0 Å². The summed E-state index contributed by atoms with van der Waals surface area (Å²) in [7, 11) is 0. The van der Waals surface area contributed by atoms with Crippen molar-refractivity contribution in [2.45, 2.75) is 45.3 Å². The molecule has 3 nitrogen and oxygen atoms in total. The second-order valence-electron chi connectivity index (χ2n) is 4.31. The van der Waals surface area contributed by atoms with Crippen LogP contribution in [0.5, 0.6) is 0 Å². The number of carbonyl (C=O) groups excluding carboxylic acids is 1. The number of rotatable bonds is 2. The average Bonchev–Trinajstić information content (AvgIpc) is 2.63. The number of aryl methyl sites for hydroxylation is 1. The third kappa shape index (κ3) is 2.06. The summed E-state index contributed by atoms with van der Waals surface area (Å²) < 4.78 is 7.41. The van der Waals surface area contributed by atoms with Crippen LogP contribution in [0.15, 0.2) is 18.3 Å². The van der Waals surface area contributed by atoms with Gasteiger partial charge in [-0.2, -0.15) is 0 Å². The predicted octanol–water partition coefficient (Wildman–Crippen LogP) is 2.32. The van der Waals surface area contributed by atoms with Crippen molar-refractivity contribution < 1.29 is 9.53 Å². The van der Waals surface area contributed by atoms with Gasteiger partial charge in [0.05, 0.1) is 12.0 Å². The Hall–Kier alpha value is -1.25. The van der Waals surface area contributed by atoms with Crippen molar-refractivity contribution in [2.75, 3.05) is 0 Å². The highest BCUT2D eigenvalue weighted by molar-refractivity contribution is 5.78. The van der Waals surface area contributed by atoms with Crippen molar-refractivity contribution >= 4 is 5.97 Å². The summed E-state index contributed by atoms with van der Waals surface area (Å²) in [6.45, 7) is 4.80. The molecule has 0 aromatic carbocycles. The van der Waals surface area contributed by atoms with E-state index in [1.54, 1.807) is 0 Å². The first kappa shape index (κ1) is 10.3.